The Kier molecular flexibility index (Phi) is 5.42. The SMILES string of the molecule is CCN(CC)c1ccc(NCc2ccc(C(=O)O)cc2)cc1. The molecule has 22 heavy (non-hydrogen) atoms. The molecular formula is C18H22N2O2. The van der Waals surface area contributed by atoms with E-state index in [-0.39, 0.29) is 0 Å². The summed E-state index contributed by atoms with van der Waals surface area (Å²) in [6.07, 6.45) is 0. The van der Waals surface area contributed by atoms with Crippen molar-refractivity contribution in [2.45, 2.75) is 20.4 Å². The highest BCUT2D eigenvalue weighted by molar-refractivity contribution is 5.87. The van der Waals surface area contributed by atoms with Gasteiger partial charge in [0, 0.05) is 31.0 Å². The van der Waals surface area contributed by atoms with E-state index in [4.69, 9.17) is 5.11 Å². The predicted octanol–water partition coefficient (Wildman–Crippen LogP) is 3.84. The summed E-state index contributed by atoms with van der Waals surface area (Å²) in [7, 11) is 0. The van der Waals surface area contributed by atoms with Gasteiger partial charge in [-0.05, 0) is 55.8 Å². The van der Waals surface area contributed by atoms with Crippen molar-refractivity contribution in [1.82, 2.24) is 0 Å². The maximum Gasteiger partial charge on any atom is 0.335 e. The highest BCUT2D eigenvalue weighted by Gasteiger charge is 2.03. The quantitative estimate of drug-likeness (QED) is 0.815. The van der Waals surface area contributed by atoms with E-state index in [2.05, 4.69) is 48.3 Å². The zero-order valence-electron chi connectivity index (χ0n) is 13.0. The molecule has 0 spiro atoms. The number of benzene rings is 2. The van der Waals surface area contributed by atoms with Gasteiger partial charge in [-0.3, -0.25) is 0 Å². The lowest BCUT2D eigenvalue weighted by molar-refractivity contribution is 0.0697. The summed E-state index contributed by atoms with van der Waals surface area (Å²) < 4.78 is 0. The van der Waals surface area contributed by atoms with Crippen molar-refractivity contribution in [3.8, 4) is 0 Å². The molecule has 2 aromatic carbocycles. The van der Waals surface area contributed by atoms with Crippen molar-refractivity contribution in [1.29, 1.82) is 0 Å². The second-order valence-corrected chi connectivity index (χ2v) is 5.07. The van der Waals surface area contributed by atoms with Gasteiger partial charge in [0.1, 0.15) is 0 Å². The van der Waals surface area contributed by atoms with Crippen LogP contribution in [-0.4, -0.2) is 24.2 Å². The van der Waals surface area contributed by atoms with Gasteiger partial charge in [0.05, 0.1) is 5.56 Å². The Bertz CT molecular complexity index is 602. The maximum atomic E-state index is 10.8. The Hall–Kier alpha value is -2.49. The minimum atomic E-state index is -0.897. The molecule has 116 valence electrons. The fraction of sp³-hybridized carbons (Fsp3) is 0.278. The Morgan fingerprint density at radius 2 is 1.59 bits per heavy atom. The first-order chi connectivity index (χ1) is 10.6. The number of aromatic carboxylic acids is 1. The van der Waals surface area contributed by atoms with Crippen molar-refractivity contribution in [2.75, 3.05) is 23.3 Å². The first-order valence-electron chi connectivity index (χ1n) is 7.55. The summed E-state index contributed by atoms with van der Waals surface area (Å²) in [5.74, 6) is -0.897. The Balaban J connectivity index is 1.95. The van der Waals surface area contributed by atoms with Crippen molar-refractivity contribution >= 4 is 17.3 Å². The fourth-order valence-corrected chi connectivity index (χ4v) is 2.35. The van der Waals surface area contributed by atoms with E-state index < -0.39 is 5.97 Å². The van der Waals surface area contributed by atoms with Crippen LogP contribution in [0.5, 0.6) is 0 Å². The molecule has 0 fully saturated rings. The molecule has 0 aliphatic carbocycles. The molecule has 0 atom stereocenters. The van der Waals surface area contributed by atoms with Gasteiger partial charge in [-0.15, -0.1) is 0 Å². The zero-order chi connectivity index (χ0) is 15.9. The summed E-state index contributed by atoms with van der Waals surface area (Å²) >= 11 is 0. The molecule has 0 aromatic heterocycles. The second-order valence-electron chi connectivity index (χ2n) is 5.07. The largest absolute Gasteiger partial charge is 0.478 e. The van der Waals surface area contributed by atoms with Gasteiger partial charge in [0.2, 0.25) is 0 Å². The smallest absolute Gasteiger partial charge is 0.335 e. The third-order valence-corrected chi connectivity index (χ3v) is 3.69. The zero-order valence-corrected chi connectivity index (χ0v) is 13.0. The lowest BCUT2D eigenvalue weighted by Gasteiger charge is -2.21. The van der Waals surface area contributed by atoms with Gasteiger partial charge in [-0.1, -0.05) is 12.1 Å². The minimum Gasteiger partial charge on any atom is -0.478 e. The molecule has 0 heterocycles. The molecule has 0 radical (unpaired) electrons. The van der Waals surface area contributed by atoms with Crippen molar-refractivity contribution in [2.24, 2.45) is 0 Å². The number of carbonyl (C=O) groups is 1. The summed E-state index contributed by atoms with van der Waals surface area (Å²) in [5.41, 5.74) is 3.64. The highest BCUT2D eigenvalue weighted by Crippen LogP contribution is 2.18. The number of anilines is 2. The Labute approximate surface area is 131 Å². The van der Waals surface area contributed by atoms with E-state index in [9.17, 15) is 4.79 Å². The van der Waals surface area contributed by atoms with Gasteiger partial charge in [-0.25, -0.2) is 4.79 Å². The molecule has 0 bridgehead atoms. The van der Waals surface area contributed by atoms with Crippen LogP contribution in [0.1, 0.15) is 29.8 Å². The van der Waals surface area contributed by atoms with Crippen molar-refractivity contribution in [3.05, 3.63) is 59.7 Å². The molecule has 0 aliphatic heterocycles. The van der Waals surface area contributed by atoms with E-state index in [1.165, 1.54) is 5.69 Å². The third kappa shape index (κ3) is 4.01. The van der Waals surface area contributed by atoms with Gasteiger partial charge in [-0.2, -0.15) is 0 Å². The topological polar surface area (TPSA) is 52.6 Å². The van der Waals surface area contributed by atoms with E-state index in [0.29, 0.717) is 12.1 Å². The lowest BCUT2D eigenvalue weighted by Crippen LogP contribution is -2.21. The second kappa shape index (κ2) is 7.50. The Morgan fingerprint density at radius 3 is 2.09 bits per heavy atom. The average Bonchev–Trinajstić information content (AvgIpc) is 2.55. The van der Waals surface area contributed by atoms with E-state index >= 15 is 0 Å². The van der Waals surface area contributed by atoms with E-state index in [1.54, 1.807) is 12.1 Å². The van der Waals surface area contributed by atoms with Crippen LogP contribution in [0, 0.1) is 0 Å². The molecule has 0 unspecified atom stereocenters. The molecule has 0 saturated heterocycles. The first-order valence-corrected chi connectivity index (χ1v) is 7.55. The number of nitrogens with zero attached hydrogens (tertiary/aromatic N) is 1. The van der Waals surface area contributed by atoms with Crippen LogP contribution in [-0.2, 0) is 6.54 Å². The molecule has 4 heteroatoms. The van der Waals surface area contributed by atoms with Crippen molar-refractivity contribution in [3.63, 3.8) is 0 Å². The number of rotatable bonds is 7. The number of carboxylic acids is 1. The summed E-state index contributed by atoms with van der Waals surface area (Å²) in [4.78, 5) is 13.1. The van der Waals surface area contributed by atoms with Crippen LogP contribution in [0.25, 0.3) is 0 Å². The molecule has 0 saturated carbocycles. The molecule has 4 nitrogen and oxygen atoms in total. The highest BCUT2D eigenvalue weighted by atomic mass is 16.4. The van der Waals surface area contributed by atoms with Gasteiger partial charge < -0.3 is 15.3 Å². The number of nitrogens with one attached hydrogen (secondary N) is 1. The number of carboxylic acid groups (broad SMARTS) is 1. The van der Waals surface area contributed by atoms with E-state index in [0.717, 1.165) is 24.3 Å². The van der Waals surface area contributed by atoms with Gasteiger partial charge >= 0.3 is 5.97 Å². The molecule has 0 amide bonds. The van der Waals surface area contributed by atoms with Crippen LogP contribution >= 0.6 is 0 Å². The van der Waals surface area contributed by atoms with Crippen LogP contribution < -0.4 is 10.2 Å². The fourth-order valence-electron chi connectivity index (χ4n) is 2.35. The molecule has 2 N–H and O–H groups in total. The predicted molar refractivity (Wildman–Crippen MR) is 90.7 cm³/mol. The monoisotopic (exact) mass is 298 g/mol. The van der Waals surface area contributed by atoms with Crippen LogP contribution in [0.2, 0.25) is 0 Å². The number of hydrogen-bond donors (Lipinski definition) is 2. The van der Waals surface area contributed by atoms with Gasteiger partial charge in [0.15, 0.2) is 0 Å². The lowest BCUT2D eigenvalue weighted by atomic mass is 10.1. The third-order valence-electron chi connectivity index (χ3n) is 3.69. The first kappa shape index (κ1) is 15.9. The molecular weight excluding hydrogens is 276 g/mol. The standard InChI is InChI=1S/C18H22N2O2/c1-3-20(4-2)17-11-9-16(10-12-17)19-13-14-5-7-15(8-6-14)18(21)22/h5-12,19H,3-4,13H2,1-2H3,(H,21,22). The summed E-state index contributed by atoms with van der Waals surface area (Å²) in [6.45, 7) is 6.97. The van der Waals surface area contributed by atoms with Crippen molar-refractivity contribution < 1.29 is 9.90 Å². The molecule has 2 rings (SSSR count). The molecule has 2 aromatic rings. The van der Waals surface area contributed by atoms with Crippen LogP contribution in [0.3, 0.4) is 0 Å². The number of hydrogen-bond acceptors (Lipinski definition) is 3. The molecule has 0 aliphatic rings. The summed E-state index contributed by atoms with van der Waals surface area (Å²) in [6, 6.07) is 15.3. The minimum absolute atomic E-state index is 0.312. The maximum absolute atomic E-state index is 10.8. The average molecular weight is 298 g/mol. The Morgan fingerprint density at radius 1 is 1.00 bits per heavy atom. The van der Waals surface area contributed by atoms with Crippen LogP contribution in [0.4, 0.5) is 11.4 Å². The van der Waals surface area contributed by atoms with Crippen LogP contribution in [0.15, 0.2) is 48.5 Å². The normalized spacial score (nSPS) is 10.3. The van der Waals surface area contributed by atoms with E-state index in [1.807, 2.05) is 12.1 Å². The van der Waals surface area contributed by atoms with Gasteiger partial charge in [0.25, 0.3) is 0 Å². The summed E-state index contributed by atoms with van der Waals surface area (Å²) in [5, 5.41) is 12.2.